The highest BCUT2D eigenvalue weighted by molar-refractivity contribution is 7.89. The van der Waals surface area contributed by atoms with Crippen molar-refractivity contribution in [2.24, 2.45) is 7.05 Å². The minimum Gasteiger partial charge on any atom is -0.307 e. The number of aryl methyl sites for hydroxylation is 1. The van der Waals surface area contributed by atoms with Gasteiger partial charge in [0, 0.05) is 56.0 Å². The van der Waals surface area contributed by atoms with Crippen molar-refractivity contribution in [1.29, 1.82) is 0 Å². The van der Waals surface area contributed by atoms with E-state index in [1.165, 1.54) is 42.4 Å². The lowest BCUT2D eigenvalue weighted by Crippen LogP contribution is -2.37. The Hall–Kier alpha value is -3.30. The number of hydrogen-bond donors (Lipinski definition) is 0. The molecule has 0 saturated heterocycles. The van der Waals surface area contributed by atoms with Gasteiger partial charge >= 0.3 is 0 Å². The Bertz CT molecular complexity index is 1300. The van der Waals surface area contributed by atoms with Crippen LogP contribution < -0.4 is 4.90 Å². The highest BCUT2D eigenvalue weighted by atomic mass is 32.2. The molecule has 9 heteroatoms. The van der Waals surface area contributed by atoms with Crippen LogP contribution in [0.5, 0.6) is 0 Å². The van der Waals surface area contributed by atoms with Crippen LogP contribution in [0.4, 0.5) is 5.69 Å². The van der Waals surface area contributed by atoms with Gasteiger partial charge in [0.2, 0.25) is 15.9 Å². The first-order chi connectivity index (χ1) is 15.7. The van der Waals surface area contributed by atoms with Gasteiger partial charge in [-0.15, -0.1) is 0 Å². The minimum absolute atomic E-state index is 0.116. The monoisotopic (exact) mass is 466 g/mol. The third-order valence-electron chi connectivity index (χ3n) is 5.94. The third-order valence-corrected chi connectivity index (χ3v) is 7.80. The molecule has 1 amide bonds. The van der Waals surface area contributed by atoms with Gasteiger partial charge in [0.1, 0.15) is 0 Å². The Kier molecular flexibility index (Phi) is 6.18. The number of Topliss-reactive ketones (excluding diaryl/α,β-unsaturated/α-hetero) is 1. The van der Waals surface area contributed by atoms with E-state index in [9.17, 15) is 18.0 Å². The summed E-state index contributed by atoms with van der Waals surface area (Å²) >= 11 is 0. The third kappa shape index (κ3) is 4.46. The molecule has 3 aromatic rings. The average molecular weight is 467 g/mol. The number of aromatic nitrogens is 2. The molecule has 4 rings (SSSR count). The summed E-state index contributed by atoms with van der Waals surface area (Å²) in [5, 5.41) is 4.62. The van der Waals surface area contributed by atoms with E-state index in [4.69, 9.17) is 0 Å². The molecule has 8 nitrogen and oxygen atoms in total. The number of hydrogen-bond acceptors (Lipinski definition) is 5. The molecule has 0 spiro atoms. The minimum atomic E-state index is -3.75. The number of fused-ring (bicyclic) bond motifs is 1. The lowest BCUT2D eigenvalue weighted by atomic mass is 10.1. The molecule has 1 aliphatic heterocycles. The normalized spacial score (nSPS) is 14.0. The Morgan fingerprint density at radius 3 is 2.30 bits per heavy atom. The molecule has 172 valence electrons. The van der Waals surface area contributed by atoms with Crippen molar-refractivity contribution in [1.82, 2.24) is 14.1 Å². The fraction of sp³-hybridized carbons (Fsp3) is 0.292. The Morgan fingerprint density at radius 2 is 1.70 bits per heavy atom. The number of carbonyl (C=O) groups is 2. The maximum Gasteiger partial charge on any atom is 0.243 e. The molecule has 1 aromatic heterocycles. The zero-order valence-electron chi connectivity index (χ0n) is 18.9. The average Bonchev–Trinajstić information content (AvgIpc) is 3.12. The summed E-state index contributed by atoms with van der Waals surface area (Å²) in [6.45, 7) is 3.71. The molecule has 0 atom stereocenters. The SMILES string of the molecule is CC(=O)c1ccc(S(=O)(=O)N2CCc3c(c(CN(C(C)=O)c4ccccc4)nn3C)C2)cc1. The quantitative estimate of drug-likeness (QED) is 0.521. The molecule has 0 radical (unpaired) electrons. The predicted octanol–water partition coefficient (Wildman–Crippen LogP) is 2.92. The number of ketones is 1. The lowest BCUT2D eigenvalue weighted by molar-refractivity contribution is -0.116. The molecule has 0 bridgehead atoms. The van der Waals surface area contributed by atoms with Crippen LogP contribution in [0.1, 0.15) is 41.2 Å². The van der Waals surface area contributed by atoms with E-state index >= 15 is 0 Å². The van der Waals surface area contributed by atoms with Gasteiger partial charge in [0.05, 0.1) is 17.1 Å². The van der Waals surface area contributed by atoms with Gasteiger partial charge in [0.25, 0.3) is 0 Å². The van der Waals surface area contributed by atoms with E-state index in [0.29, 0.717) is 24.2 Å². The number of benzene rings is 2. The van der Waals surface area contributed by atoms with Crippen LogP contribution in [0.15, 0.2) is 59.5 Å². The zero-order chi connectivity index (χ0) is 23.8. The first kappa shape index (κ1) is 22.9. The molecular weight excluding hydrogens is 440 g/mol. The van der Waals surface area contributed by atoms with Gasteiger partial charge in [0.15, 0.2) is 5.78 Å². The van der Waals surface area contributed by atoms with Gasteiger partial charge in [-0.1, -0.05) is 30.3 Å². The van der Waals surface area contributed by atoms with Crippen molar-refractivity contribution >= 4 is 27.4 Å². The van der Waals surface area contributed by atoms with E-state index in [0.717, 1.165) is 16.9 Å². The van der Waals surface area contributed by atoms with Crippen LogP contribution in [-0.4, -0.2) is 40.7 Å². The van der Waals surface area contributed by atoms with Crippen LogP contribution in [0.25, 0.3) is 0 Å². The zero-order valence-corrected chi connectivity index (χ0v) is 19.7. The first-order valence-corrected chi connectivity index (χ1v) is 12.1. The lowest BCUT2D eigenvalue weighted by Gasteiger charge is -2.28. The van der Waals surface area contributed by atoms with Crippen molar-refractivity contribution in [3.05, 3.63) is 77.1 Å². The van der Waals surface area contributed by atoms with Crippen molar-refractivity contribution in [3.8, 4) is 0 Å². The van der Waals surface area contributed by atoms with E-state index < -0.39 is 10.0 Å². The first-order valence-electron chi connectivity index (χ1n) is 10.7. The Morgan fingerprint density at radius 1 is 1.03 bits per heavy atom. The summed E-state index contributed by atoms with van der Waals surface area (Å²) in [5.74, 6) is -0.235. The maximum absolute atomic E-state index is 13.3. The molecule has 0 saturated carbocycles. The highest BCUT2D eigenvalue weighted by Gasteiger charge is 2.32. The maximum atomic E-state index is 13.3. The summed E-state index contributed by atoms with van der Waals surface area (Å²) in [4.78, 5) is 25.7. The number of nitrogens with zero attached hydrogens (tertiary/aromatic N) is 4. The van der Waals surface area contributed by atoms with E-state index in [2.05, 4.69) is 5.10 Å². The Balaban J connectivity index is 1.63. The molecule has 33 heavy (non-hydrogen) atoms. The molecule has 0 unspecified atom stereocenters. The second-order valence-electron chi connectivity index (χ2n) is 8.11. The fourth-order valence-corrected chi connectivity index (χ4v) is 5.54. The molecule has 0 aliphatic carbocycles. The van der Waals surface area contributed by atoms with Crippen LogP contribution >= 0.6 is 0 Å². The second-order valence-corrected chi connectivity index (χ2v) is 10.0. The summed E-state index contributed by atoms with van der Waals surface area (Å²) < 4.78 is 29.8. The number of anilines is 1. The van der Waals surface area contributed by atoms with Crippen LogP contribution in [0.3, 0.4) is 0 Å². The van der Waals surface area contributed by atoms with Crippen molar-refractivity contribution in [2.45, 2.75) is 38.3 Å². The number of rotatable bonds is 6. The highest BCUT2D eigenvalue weighted by Crippen LogP contribution is 2.29. The number of carbonyl (C=O) groups excluding carboxylic acids is 2. The topological polar surface area (TPSA) is 92.6 Å². The van der Waals surface area contributed by atoms with Crippen molar-refractivity contribution < 1.29 is 18.0 Å². The predicted molar refractivity (Wildman–Crippen MR) is 124 cm³/mol. The van der Waals surface area contributed by atoms with Crippen molar-refractivity contribution in [3.63, 3.8) is 0 Å². The van der Waals surface area contributed by atoms with Gasteiger partial charge in [-0.05, 0) is 31.2 Å². The van der Waals surface area contributed by atoms with Gasteiger partial charge in [-0.3, -0.25) is 14.3 Å². The van der Waals surface area contributed by atoms with E-state index in [-0.39, 0.29) is 29.7 Å². The fourth-order valence-electron chi connectivity index (χ4n) is 4.13. The standard InChI is InChI=1S/C24H26N4O4S/c1-17(29)19-9-11-21(12-10-19)33(31,32)27-14-13-24-22(15-27)23(25-26(24)3)16-28(18(2)30)20-7-5-4-6-8-20/h4-12H,13-16H2,1-3H3. The molecule has 2 aromatic carbocycles. The van der Waals surface area contributed by atoms with Crippen LogP contribution in [0, 0.1) is 0 Å². The second kappa shape index (κ2) is 8.92. The summed E-state index contributed by atoms with van der Waals surface area (Å²) in [5.41, 5.74) is 3.71. The number of para-hydroxylation sites is 1. The molecule has 2 heterocycles. The van der Waals surface area contributed by atoms with E-state index in [1.54, 1.807) is 9.58 Å². The molecular formula is C24H26N4O4S. The van der Waals surface area contributed by atoms with Crippen LogP contribution in [-0.2, 0) is 41.4 Å². The molecule has 0 N–H and O–H groups in total. The van der Waals surface area contributed by atoms with Gasteiger partial charge in [-0.2, -0.15) is 9.40 Å². The molecule has 0 fully saturated rings. The summed E-state index contributed by atoms with van der Waals surface area (Å²) in [6, 6.07) is 15.3. The number of amides is 1. The Labute approximate surface area is 193 Å². The van der Waals surface area contributed by atoms with E-state index in [1.807, 2.05) is 37.4 Å². The largest absolute Gasteiger partial charge is 0.307 e. The summed E-state index contributed by atoms with van der Waals surface area (Å²) in [6.07, 6.45) is 0.523. The number of sulfonamides is 1. The molecule has 1 aliphatic rings. The van der Waals surface area contributed by atoms with Crippen LogP contribution in [0.2, 0.25) is 0 Å². The van der Waals surface area contributed by atoms with Gasteiger partial charge < -0.3 is 4.90 Å². The van der Waals surface area contributed by atoms with Crippen molar-refractivity contribution in [2.75, 3.05) is 11.4 Å². The smallest absolute Gasteiger partial charge is 0.243 e. The summed E-state index contributed by atoms with van der Waals surface area (Å²) in [7, 11) is -1.91. The van der Waals surface area contributed by atoms with Gasteiger partial charge in [-0.25, -0.2) is 8.42 Å².